The Hall–Kier alpha value is -0.770. The van der Waals surface area contributed by atoms with E-state index in [0.717, 1.165) is 25.9 Å². The monoisotopic (exact) mass is 240 g/mol. The average molecular weight is 240 g/mol. The van der Waals surface area contributed by atoms with E-state index in [9.17, 15) is 4.79 Å². The first-order valence-electron chi connectivity index (χ1n) is 6.65. The molecule has 0 unspecified atom stereocenters. The van der Waals surface area contributed by atoms with Crippen LogP contribution in [0.15, 0.2) is 0 Å². The summed E-state index contributed by atoms with van der Waals surface area (Å²) in [6.07, 6.45) is 1.98. The number of piperidine rings is 1. The molecule has 0 bridgehead atoms. The van der Waals surface area contributed by atoms with E-state index < -0.39 is 0 Å². The normalized spacial score (nSPS) is 32.4. The van der Waals surface area contributed by atoms with Crippen LogP contribution in [0.3, 0.4) is 0 Å². The van der Waals surface area contributed by atoms with Crippen LogP contribution >= 0.6 is 0 Å². The first kappa shape index (κ1) is 12.7. The fraction of sp³-hybridized carbons (Fsp3) is 0.923. The van der Waals surface area contributed by atoms with Crippen molar-refractivity contribution < 1.29 is 9.53 Å². The number of hydrogen-bond donors (Lipinski definition) is 1. The Bertz CT molecular complexity index is 296. The van der Waals surface area contributed by atoms with Gasteiger partial charge in [0.05, 0.1) is 6.61 Å². The summed E-state index contributed by atoms with van der Waals surface area (Å²) in [5.74, 6) is 1.33. The van der Waals surface area contributed by atoms with Gasteiger partial charge in [0.1, 0.15) is 0 Å². The molecule has 4 heteroatoms. The highest BCUT2D eigenvalue weighted by atomic mass is 16.6. The zero-order chi connectivity index (χ0) is 12.6. The summed E-state index contributed by atoms with van der Waals surface area (Å²) in [7, 11) is 0. The van der Waals surface area contributed by atoms with E-state index in [4.69, 9.17) is 10.5 Å². The Labute approximate surface area is 103 Å². The van der Waals surface area contributed by atoms with E-state index in [1.54, 1.807) is 0 Å². The van der Waals surface area contributed by atoms with Crippen LogP contribution in [0.1, 0.15) is 33.6 Å². The lowest BCUT2D eigenvalue weighted by atomic mass is 9.88. The number of carbonyl (C=O) groups is 1. The number of ether oxygens (including phenoxy) is 1. The SMILES string of the molecule is CCOC(=O)N1CCC([C@H]2[C@H](N)C2(C)C)CC1. The highest BCUT2D eigenvalue weighted by molar-refractivity contribution is 5.67. The predicted octanol–water partition coefficient (Wildman–Crippen LogP) is 1.84. The molecule has 0 aromatic rings. The summed E-state index contributed by atoms with van der Waals surface area (Å²) in [6, 6.07) is 0.349. The van der Waals surface area contributed by atoms with Crippen LogP contribution in [-0.4, -0.2) is 36.7 Å². The zero-order valence-corrected chi connectivity index (χ0v) is 11.1. The second-order valence-corrected chi connectivity index (χ2v) is 5.90. The van der Waals surface area contributed by atoms with Crippen LogP contribution < -0.4 is 5.73 Å². The average Bonchev–Trinajstić information content (AvgIpc) is 2.79. The van der Waals surface area contributed by atoms with Gasteiger partial charge in [0, 0.05) is 19.1 Å². The Morgan fingerprint density at radius 1 is 1.41 bits per heavy atom. The predicted molar refractivity (Wildman–Crippen MR) is 66.6 cm³/mol. The van der Waals surface area contributed by atoms with Gasteiger partial charge in [-0.05, 0) is 37.0 Å². The molecule has 17 heavy (non-hydrogen) atoms. The maximum Gasteiger partial charge on any atom is 0.409 e. The van der Waals surface area contributed by atoms with Crippen LogP contribution in [-0.2, 0) is 4.74 Å². The maximum absolute atomic E-state index is 11.6. The lowest BCUT2D eigenvalue weighted by Crippen LogP contribution is -2.39. The van der Waals surface area contributed by atoms with E-state index in [1.165, 1.54) is 0 Å². The van der Waals surface area contributed by atoms with Crippen molar-refractivity contribution >= 4 is 6.09 Å². The molecule has 2 fully saturated rings. The van der Waals surface area contributed by atoms with Gasteiger partial charge in [0.2, 0.25) is 0 Å². The van der Waals surface area contributed by atoms with Crippen molar-refractivity contribution in [2.45, 2.75) is 39.7 Å². The molecule has 1 aliphatic carbocycles. The van der Waals surface area contributed by atoms with Gasteiger partial charge in [0.25, 0.3) is 0 Å². The van der Waals surface area contributed by atoms with Crippen molar-refractivity contribution in [3.8, 4) is 0 Å². The number of likely N-dealkylation sites (tertiary alicyclic amines) is 1. The molecule has 1 heterocycles. The Morgan fingerprint density at radius 3 is 2.35 bits per heavy atom. The third kappa shape index (κ3) is 2.28. The molecule has 0 aromatic carbocycles. The number of carbonyl (C=O) groups excluding carboxylic acids is 1. The number of nitrogens with zero attached hydrogens (tertiary/aromatic N) is 1. The second-order valence-electron chi connectivity index (χ2n) is 5.90. The van der Waals surface area contributed by atoms with Gasteiger partial charge >= 0.3 is 6.09 Å². The molecule has 2 rings (SSSR count). The van der Waals surface area contributed by atoms with Crippen molar-refractivity contribution in [2.24, 2.45) is 23.0 Å². The highest BCUT2D eigenvalue weighted by Gasteiger charge is 2.58. The van der Waals surface area contributed by atoms with E-state index in [2.05, 4.69) is 13.8 Å². The second kappa shape index (κ2) is 4.48. The topological polar surface area (TPSA) is 55.6 Å². The van der Waals surface area contributed by atoms with Crippen molar-refractivity contribution in [3.05, 3.63) is 0 Å². The minimum absolute atomic E-state index is 0.162. The van der Waals surface area contributed by atoms with Crippen molar-refractivity contribution in [2.75, 3.05) is 19.7 Å². The molecule has 1 saturated heterocycles. The third-order valence-corrected chi connectivity index (χ3v) is 4.57. The Morgan fingerprint density at radius 2 is 1.94 bits per heavy atom. The summed E-state index contributed by atoms with van der Waals surface area (Å²) in [5, 5.41) is 0. The molecular formula is C13H24N2O2. The van der Waals surface area contributed by atoms with Gasteiger partial charge in [-0.1, -0.05) is 13.8 Å². The molecule has 1 saturated carbocycles. The summed E-state index contributed by atoms with van der Waals surface area (Å²) in [4.78, 5) is 13.4. The number of amides is 1. The van der Waals surface area contributed by atoms with Crippen LogP contribution in [0, 0.1) is 17.3 Å². The molecule has 1 aliphatic heterocycles. The highest BCUT2D eigenvalue weighted by Crippen LogP contribution is 2.56. The third-order valence-electron chi connectivity index (χ3n) is 4.57. The number of rotatable bonds is 2. The fourth-order valence-electron chi connectivity index (χ4n) is 3.27. The molecule has 0 aromatic heterocycles. The van der Waals surface area contributed by atoms with E-state index in [-0.39, 0.29) is 6.09 Å². The number of nitrogens with two attached hydrogens (primary N) is 1. The van der Waals surface area contributed by atoms with Crippen LogP contribution in [0.5, 0.6) is 0 Å². The van der Waals surface area contributed by atoms with Gasteiger partial charge in [-0.15, -0.1) is 0 Å². The minimum Gasteiger partial charge on any atom is -0.450 e. The van der Waals surface area contributed by atoms with Crippen molar-refractivity contribution in [3.63, 3.8) is 0 Å². The number of hydrogen-bond acceptors (Lipinski definition) is 3. The van der Waals surface area contributed by atoms with Crippen molar-refractivity contribution in [1.29, 1.82) is 0 Å². The molecule has 2 atom stereocenters. The first-order valence-corrected chi connectivity index (χ1v) is 6.65. The molecule has 98 valence electrons. The molecule has 0 radical (unpaired) electrons. The summed E-state index contributed by atoms with van der Waals surface area (Å²) in [5.41, 5.74) is 6.41. The minimum atomic E-state index is -0.162. The van der Waals surface area contributed by atoms with Gasteiger partial charge in [-0.25, -0.2) is 4.79 Å². The lowest BCUT2D eigenvalue weighted by molar-refractivity contribution is 0.0880. The van der Waals surface area contributed by atoms with E-state index in [1.807, 2.05) is 11.8 Å². The van der Waals surface area contributed by atoms with Crippen LogP contribution in [0.25, 0.3) is 0 Å². The standard InChI is InChI=1S/C13H24N2O2/c1-4-17-12(16)15-7-5-9(6-8-15)10-11(14)13(10,2)3/h9-11H,4-8,14H2,1-3H3/t10-,11-/m0/s1. The van der Waals surface area contributed by atoms with Gasteiger partial charge in [0.15, 0.2) is 0 Å². The van der Waals surface area contributed by atoms with E-state index in [0.29, 0.717) is 29.9 Å². The molecule has 0 spiro atoms. The van der Waals surface area contributed by atoms with Gasteiger partial charge in [-0.3, -0.25) is 0 Å². The van der Waals surface area contributed by atoms with Gasteiger partial charge in [-0.2, -0.15) is 0 Å². The largest absolute Gasteiger partial charge is 0.450 e. The smallest absolute Gasteiger partial charge is 0.409 e. The zero-order valence-electron chi connectivity index (χ0n) is 11.1. The first-order chi connectivity index (χ1) is 7.98. The Balaban J connectivity index is 1.81. The molecule has 1 amide bonds. The molecule has 2 N–H and O–H groups in total. The van der Waals surface area contributed by atoms with Crippen LogP contribution in [0.4, 0.5) is 4.79 Å². The molecule has 2 aliphatic rings. The van der Waals surface area contributed by atoms with Crippen LogP contribution in [0.2, 0.25) is 0 Å². The lowest BCUT2D eigenvalue weighted by Gasteiger charge is -2.32. The van der Waals surface area contributed by atoms with E-state index >= 15 is 0 Å². The summed E-state index contributed by atoms with van der Waals surface area (Å²) < 4.78 is 5.02. The molecular weight excluding hydrogens is 216 g/mol. The van der Waals surface area contributed by atoms with Crippen molar-refractivity contribution in [1.82, 2.24) is 4.90 Å². The fourth-order valence-corrected chi connectivity index (χ4v) is 3.27. The maximum atomic E-state index is 11.6. The van der Waals surface area contributed by atoms with Gasteiger partial charge < -0.3 is 15.4 Å². The Kier molecular flexibility index (Phi) is 3.34. The molecule has 4 nitrogen and oxygen atoms in total. The summed E-state index contributed by atoms with van der Waals surface area (Å²) >= 11 is 0. The quantitative estimate of drug-likeness (QED) is 0.801. The summed E-state index contributed by atoms with van der Waals surface area (Å²) in [6.45, 7) is 8.45.